The predicted molar refractivity (Wildman–Crippen MR) is 112 cm³/mol. The average Bonchev–Trinajstić information content (AvgIpc) is 3.24. The van der Waals surface area contributed by atoms with E-state index in [1.807, 2.05) is 10.6 Å². The fraction of sp³-hybridized carbons (Fsp3) is 0.444. The molecule has 17 heteroatoms. The second-order valence-corrected chi connectivity index (χ2v) is 7.28. The molecule has 1 aromatic rings. The monoisotopic (exact) mass is 499 g/mol. The molecule has 0 aliphatic carbocycles. The van der Waals surface area contributed by atoms with E-state index in [4.69, 9.17) is 21.7 Å². The number of aromatic nitrogens is 2. The molecule has 0 radical (unpaired) electrons. The molecule has 0 saturated heterocycles. The molecule has 0 bridgehead atoms. The number of nitrogens with two attached hydrogens (primary N) is 2. The first-order valence-corrected chi connectivity index (χ1v) is 9.88. The SMILES string of the molecule is NC(=O)CC(N)C(=O)NC(CC(=O)O)C(=O)NC(CC(=O)O)C(=O)NC(Cc1cnc[nH]1)C(=O)O. The lowest BCUT2D eigenvalue weighted by Gasteiger charge is -2.23. The Labute approximate surface area is 196 Å². The molecule has 4 atom stereocenters. The van der Waals surface area contributed by atoms with Gasteiger partial charge < -0.3 is 47.7 Å². The molecule has 1 rings (SSSR count). The molecule has 0 saturated carbocycles. The zero-order valence-corrected chi connectivity index (χ0v) is 18.1. The number of carboxylic acids is 3. The van der Waals surface area contributed by atoms with E-state index in [0.29, 0.717) is 5.69 Å². The van der Waals surface area contributed by atoms with Crippen molar-refractivity contribution in [3.63, 3.8) is 0 Å². The fourth-order valence-electron chi connectivity index (χ4n) is 2.72. The zero-order valence-electron chi connectivity index (χ0n) is 18.1. The molecule has 35 heavy (non-hydrogen) atoms. The van der Waals surface area contributed by atoms with Gasteiger partial charge in [-0.1, -0.05) is 0 Å². The van der Waals surface area contributed by atoms with Gasteiger partial charge >= 0.3 is 17.9 Å². The Balaban J connectivity index is 3.00. The number of H-pyrrole nitrogens is 1. The smallest absolute Gasteiger partial charge is 0.326 e. The minimum Gasteiger partial charge on any atom is -0.481 e. The number of carboxylic acid groups (broad SMARTS) is 3. The van der Waals surface area contributed by atoms with Crippen molar-refractivity contribution in [1.29, 1.82) is 0 Å². The van der Waals surface area contributed by atoms with Gasteiger partial charge in [0, 0.05) is 18.3 Å². The lowest BCUT2D eigenvalue weighted by molar-refractivity contribution is -0.145. The first kappa shape index (κ1) is 28.5. The number of imidazole rings is 1. The molecule has 0 spiro atoms. The molecule has 192 valence electrons. The van der Waals surface area contributed by atoms with Crippen molar-refractivity contribution >= 4 is 41.5 Å². The van der Waals surface area contributed by atoms with Crippen LogP contribution in [0.2, 0.25) is 0 Å². The van der Waals surface area contributed by atoms with E-state index in [1.54, 1.807) is 0 Å². The number of aliphatic carboxylic acids is 3. The molecule has 0 aromatic carbocycles. The number of amides is 4. The van der Waals surface area contributed by atoms with E-state index in [9.17, 15) is 38.7 Å². The van der Waals surface area contributed by atoms with Gasteiger partial charge in [0.15, 0.2) is 0 Å². The fourth-order valence-corrected chi connectivity index (χ4v) is 2.72. The maximum absolute atomic E-state index is 12.6. The van der Waals surface area contributed by atoms with Crippen molar-refractivity contribution in [1.82, 2.24) is 25.9 Å². The molecule has 0 fully saturated rings. The summed E-state index contributed by atoms with van der Waals surface area (Å²) in [4.78, 5) is 88.4. The molecule has 1 aromatic heterocycles. The van der Waals surface area contributed by atoms with Gasteiger partial charge in [-0.15, -0.1) is 0 Å². The number of carbonyl (C=O) groups is 7. The number of hydrogen-bond donors (Lipinski definition) is 9. The highest BCUT2D eigenvalue weighted by Crippen LogP contribution is 2.03. The van der Waals surface area contributed by atoms with Crippen LogP contribution in [0.5, 0.6) is 0 Å². The summed E-state index contributed by atoms with van der Waals surface area (Å²) in [6.07, 6.45) is -0.256. The number of primary amides is 1. The Kier molecular flexibility index (Phi) is 10.8. The quantitative estimate of drug-likeness (QED) is 0.111. The van der Waals surface area contributed by atoms with Gasteiger partial charge in [-0.3, -0.25) is 28.8 Å². The van der Waals surface area contributed by atoms with Crippen LogP contribution in [0.1, 0.15) is 25.0 Å². The lowest BCUT2D eigenvalue weighted by Crippen LogP contribution is -2.58. The van der Waals surface area contributed by atoms with Gasteiger partial charge in [0.05, 0.1) is 31.6 Å². The maximum atomic E-state index is 12.6. The Morgan fingerprint density at radius 3 is 1.71 bits per heavy atom. The van der Waals surface area contributed by atoms with E-state index in [-0.39, 0.29) is 6.42 Å². The van der Waals surface area contributed by atoms with Gasteiger partial charge in [0.25, 0.3) is 0 Å². The van der Waals surface area contributed by atoms with E-state index in [2.05, 4.69) is 15.3 Å². The van der Waals surface area contributed by atoms with Crippen LogP contribution >= 0.6 is 0 Å². The Morgan fingerprint density at radius 1 is 0.829 bits per heavy atom. The first-order valence-electron chi connectivity index (χ1n) is 9.88. The number of carbonyl (C=O) groups excluding carboxylic acids is 4. The minimum absolute atomic E-state index is 0.246. The van der Waals surface area contributed by atoms with Crippen LogP contribution < -0.4 is 27.4 Å². The Hall–Kier alpha value is -4.54. The Bertz CT molecular complexity index is 965. The number of nitrogens with zero attached hydrogens (tertiary/aromatic N) is 1. The minimum atomic E-state index is -1.84. The van der Waals surface area contributed by atoms with Crippen molar-refractivity contribution in [2.24, 2.45) is 11.5 Å². The van der Waals surface area contributed by atoms with Crippen LogP contribution in [0, 0.1) is 0 Å². The second kappa shape index (κ2) is 13.2. The highest BCUT2D eigenvalue weighted by molar-refractivity contribution is 5.97. The second-order valence-electron chi connectivity index (χ2n) is 7.28. The highest BCUT2D eigenvalue weighted by Gasteiger charge is 2.33. The summed E-state index contributed by atoms with van der Waals surface area (Å²) < 4.78 is 0. The van der Waals surface area contributed by atoms with Crippen molar-refractivity contribution in [3.05, 3.63) is 18.2 Å². The lowest BCUT2D eigenvalue weighted by atomic mass is 10.1. The molecule has 4 amide bonds. The van der Waals surface area contributed by atoms with Gasteiger partial charge in [-0.25, -0.2) is 9.78 Å². The van der Waals surface area contributed by atoms with E-state index in [0.717, 1.165) is 0 Å². The summed E-state index contributed by atoms with van der Waals surface area (Å²) in [7, 11) is 0. The topological polar surface area (TPSA) is 297 Å². The summed E-state index contributed by atoms with van der Waals surface area (Å²) in [5.41, 5.74) is 10.7. The summed E-state index contributed by atoms with van der Waals surface area (Å²) in [6, 6.07) is -6.69. The highest BCUT2D eigenvalue weighted by atomic mass is 16.4. The maximum Gasteiger partial charge on any atom is 0.326 e. The third-order valence-electron chi connectivity index (χ3n) is 4.37. The molecular weight excluding hydrogens is 474 g/mol. The van der Waals surface area contributed by atoms with Crippen LogP contribution in [0.3, 0.4) is 0 Å². The van der Waals surface area contributed by atoms with Crippen LogP contribution in [-0.4, -0.2) is 91.0 Å². The van der Waals surface area contributed by atoms with Crippen LogP contribution in [-0.2, 0) is 40.0 Å². The molecule has 1 heterocycles. The molecular formula is C18H25N7O10. The van der Waals surface area contributed by atoms with E-state index < -0.39 is 85.0 Å². The Morgan fingerprint density at radius 2 is 1.31 bits per heavy atom. The van der Waals surface area contributed by atoms with Crippen molar-refractivity contribution in [3.8, 4) is 0 Å². The van der Waals surface area contributed by atoms with Crippen molar-refractivity contribution in [2.45, 2.75) is 49.9 Å². The zero-order chi connectivity index (χ0) is 26.7. The molecule has 0 aliphatic heterocycles. The number of hydrogen-bond acceptors (Lipinski definition) is 9. The van der Waals surface area contributed by atoms with Gasteiger partial charge in [0.2, 0.25) is 23.6 Å². The van der Waals surface area contributed by atoms with Crippen LogP contribution in [0.25, 0.3) is 0 Å². The summed E-state index contributed by atoms with van der Waals surface area (Å²) in [5, 5.41) is 33.6. The average molecular weight is 499 g/mol. The van der Waals surface area contributed by atoms with Gasteiger partial charge in [0.1, 0.15) is 18.1 Å². The standard InChI is InChI=1S/C18H25N7O10/c19-8(2-12(20)26)15(31)23-9(3-13(27)28)16(32)24-10(4-14(29)30)17(33)25-11(18(34)35)1-7-5-21-6-22-7/h5-6,8-11H,1-4,19H2,(H2,20,26)(H,21,22)(H,23,31)(H,24,32)(H,25,33)(H,27,28)(H,29,30)(H,34,35). The van der Waals surface area contributed by atoms with Crippen LogP contribution in [0.15, 0.2) is 12.5 Å². The number of aromatic amines is 1. The third-order valence-corrected chi connectivity index (χ3v) is 4.37. The summed E-state index contributed by atoms with van der Waals surface area (Å²) in [5.74, 6) is -9.06. The summed E-state index contributed by atoms with van der Waals surface area (Å²) in [6.45, 7) is 0. The predicted octanol–water partition coefficient (Wildman–Crippen LogP) is -4.36. The molecule has 0 aliphatic rings. The number of rotatable bonds is 15. The van der Waals surface area contributed by atoms with E-state index >= 15 is 0 Å². The van der Waals surface area contributed by atoms with E-state index in [1.165, 1.54) is 12.5 Å². The van der Waals surface area contributed by atoms with Gasteiger partial charge in [-0.05, 0) is 0 Å². The van der Waals surface area contributed by atoms with Crippen molar-refractivity contribution in [2.75, 3.05) is 0 Å². The van der Waals surface area contributed by atoms with Crippen molar-refractivity contribution < 1.29 is 48.9 Å². The summed E-state index contributed by atoms with van der Waals surface area (Å²) >= 11 is 0. The molecule has 17 nitrogen and oxygen atoms in total. The third kappa shape index (κ3) is 10.3. The first-order chi connectivity index (χ1) is 16.3. The van der Waals surface area contributed by atoms with Crippen LogP contribution in [0.4, 0.5) is 0 Å². The number of nitrogens with one attached hydrogen (secondary N) is 4. The largest absolute Gasteiger partial charge is 0.481 e. The normalized spacial score (nSPS) is 14.0. The van der Waals surface area contributed by atoms with Gasteiger partial charge in [-0.2, -0.15) is 0 Å². The molecule has 4 unspecified atom stereocenters. The molecule has 11 N–H and O–H groups in total.